The van der Waals surface area contributed by atoms with Crippen LogP contribution in [0.15, 0.2) is 0 Å². The van der Waals surface area contributed by atoms with E-state index >= 15 is 0 Å². The summed E-state index contributed by atoms with van der Waals surface area (Å²) in [5.41, 5.74) is 5.53. The van der Waals surface area contributed by atoms with Gasteiger partial charge in [-0.25, -0.2) is 0 Å². The zero-order chi connectivity index (χ0) is 15.8. The molecule has 0 saturated heterocycles. The Morgan fingerprint density at radius 1 is 0.810 bits per heavy atom. The quantitative estimate of drug-likeness (QED) is 0.338. The predicted octanol–water partition coefficient (Wildman–Crippen LogP) is 3.41. The minimum Gasteiger partial charge on any atom is -0.394 e. The molecular formula is C16H38N2O2Si. The summed E-state index contributed by atoms with van der Waals surface area (Å²) < 4.78 is 12.6. The fourth-order valence-electron chi connectivity index (χ4n) is 2.27. The summed E-state index contributed by atoms with van der Waals surface area (Å²) in [5.74, 6) is 0. The Labute approximate surface area is 133 Å². The monoisotopic (exact) mass is 318 g/mol. The van der Waals surface area contributed by atoms with Crippen LogP contribution in [0, 0.1) is 0 Å². The van der Waals surface area contributed by atoms with E-state index in [0.717, 1.165) is 70.6 Å². The van der Waals surface area contributed by atoms with Crippen molar-refractivity contribution in [3.8, 4) is 0 Å². The third kappa shape index (κ3) is 11.3. The highest BCUT2D eigenvalue weighted by Crippen LogP contribution is 2.22. The van der Waals surface area contributed by atoms with Crippen LogP contribution in [-0.2, 0) is 8.85 Å². The average molecular weight is 319 g/mol. The van der Waals surface area contributed by atoms with Gasteiger partial charge in [0, 0.05) is 19.3 Å². The highest BCUT2D eigenvalue weighted by Gasteiger charge is 2.35. The molecule has 0 aliphatic carbocycles. The lowest BCUT2D eigenvalue weighted by Crippen LogP contribution is -2.45. The average Bonchev–Trinajstić information content (AvgIpc) is 2.48. The van der Waals surface area contributed by atoms with Crippen molar-refractivity contribution in [2.75, 3.05) is 32.8 Å². The molecule has 0 saturated carbocycles. The van der Waals surface area contributed by atoms with E-state index in [1.54, 1.807) is 0 Å². The molecule has 0 aromatic carbocycles. The Balaban J connectivity index is 4.34. The van der Waals surface area contributed by atoms with Crippen molar-refractivity contribution in [1.82, 2.24) is 5.32 Å². The Hall–Kier alpha value is 0.0569. The Kier molecular flexibility index (Phi) is 15.0. The molecule has 0 amide bonds. The van der Waals surface area contributed by atoms with E-state index in [4.69, 9.17) is 14.6 Å². The van der Waals surface area contributed by atoms with Gasteiger partial charge in [-0.3, -0.25) is 0 Å². The summed E-state index contributed by atoms with van der Waals surface area (Å²) >= 11 is 0. The van der Waals surface area contributed by atoms with Gasteiger partial charge in [0.2, 0.25) is 0 Å². The van der Waals surface area contributed by atoms with Crippen molar-refractivity contribution in [3.63, 3.8) is 0 Å². The van der Waals surface area contributed by atoms with Crippen LogP contribution >= 0.6 is 0 Å². The Bertz CT molecular complexity index is 208. The summed E-state index contributed by atoms with van der Waals surface area (Å²) in [6.45, 7) is 11.1. The third-order valence-corrected chi connectivity index (χ3v) is 7.33. The van der Waals surface area contributed by atoms with Crippen LogP contribution in [-0.4, -0.2) is 41.4 Å². The van der Waals surface area contributed by atoms with Gasteiger partial charge in [0.15, 0.2) is 0 Å². The van der Waals surface area contributed by atoms with Crippen LogP contribution in [0.5, 0.6) is 0 Å². The first kappa shape index (κ1) is 21.1. The first-order valence-electron chi connectivity index (χ1n) is 8.93. The molecule has 0 rings (SSSR count). The smallest absolute Gasteiger partial charge is 0.339 e. The van der Waals surface area contributed by atoms with Gasteiger partial charge in [-0.05, 0) is 44.9 Å². The van der Waals surface area contributed by atoms with Crippen LogP contribution in [0.1, 0.15) is 59.3 Å². The predicted molar refractivity (Wildman–Crippen MR) is 93.9 cm³/mol. The third-order valence-electron chi connectivity index (χ3n) is 3.60. The summed E-state index contributed by atoms with van der Waals surface area (Å²) in [4.78, 5) is 0. The van der Waals surface area contributed by atoms with E-state index in [2.05, 4.69) is 26.1 Å². The zero-order valence-corrected chi connectivity index (χ0v) is 15.6. The van der Waals surface area contributed by atoms with Crippen molar-refractivity contribution in [1.29, 1.82) is 0 Å². The normalized spacial score (nSPS) is 12.0. The molecule has 0 radical (unpaired) electrons. The number of hydrogen-bond acceptors (Lipinski definition) is 4. The molecule has 3 N–H and O–H groups in total. The summed E-state index contributed by atoms with van der Waals surface area (Å²) in [7, 11) is -2.02. The highest BCUT2D eigenvalue weighted by molar-refractivity contribution is 6.67. The fraction of sp³-hybridized carbons (Fsp3) is 1.00. The second-order valence-electron chi connectivity index (χ2n) is 5.71. The molecule has 128 valence electrons. The lowest BCUT2D eigenvalue weighted by Gasteiger charge is -2.31. The molecule has 0 fully saturated rings. The van der Waals surface area contributed by atoms with Crippen LogP contribution < -0.4 is 11.1 Å². The van der Waals surface area contributed by atoms with Crippen LogP contribution in [0.25, 0.3) is 0 Å². The van der Waals surface area contributed by atoms with Gasteiger partial charge in [-0.15, -0.1) is 0 Å². The van der Waals surface area contributed by atoms with Crippen molar-refractivity contribution in [2.45, 2.75) is 71.4 Å². The molecule has 0 atom stereocenters. The van der Waals surface area contributed by atoms with Crippen LogP contribution in [0.3, 0.4) is 0 Å². The van der Waals surface area contributed by atoms with Gasteiger partial charge in [0.05, 0.1) is 0 Å². The molecule has 0 aliphatic rings. The molecule has 0 unspecified atom stereocenters. The Morgan fingerprint density at radius 3 is 1.90 bits per heavy atom. The number of hydrogen-bond donors (Lipinski definition) is 2. The van der Waals surface area contributed by atoms with E-state index in [9.17, 15) is 0 Å². The summed E-state index contributed by atoms with van der Waals surface area (Å²) in [6, 6.07) is 2.16. The van der Waals surface area contributed by atoms with Gasteiger partial charge in [0.25, 0.3) is 0 Å². The van der Waals surface area contributed by atoms with E-state index in [1.807, 2.05) is 0 Å². The lowest BCUT2D eigenvalue weighted by molar-refractivity contribution is 0.162. The number of nitrogens with one attached hydrogen (secondary N) is 1. The van der Waals surface area contributed by atoms with Crippen molar-refractivity contribution >= 4 is 8.56 Å². The van der Waals surface area contributed by atoms with E-state index < -0.39 is 8.56 Å². The molecule has 0 aromatic rings. The second-order valence-corrected chi connectivity index (χ2v) is 9.11. The van der Waals surface area contributed by atoms with Gasteiger partial charge < -0.3 is 19.9 Å². The molecule has 0 aromatic heterocycles. The number of rotatable bonds is 16. The second kappa shape index (κ2) is 15.0. The number of nitrogens with two attached hydrogens (primary N) is 1. The highest BCUT2D eigenvalue weighted by atomic mass is 28.4. The van der Waals surface area contributed by atoms with Crippen molar-refractivity contribution < 1.29 is 8.85 Å². The summed E-state index contributed by atoms with van der Waals surface area (Å²) in [6.07, 6.45) is 6.82. The van der Waals surface area contributed by atoms with Gasteiger partial charge in [-0.1, -0.05) is 40.0 Å². The maximum absolute atomic E-state index is 6.32. The first-order chi connectivity index (χ1) is 10.2. The molecule has 0 spiro atoms. The molecular weight excluding hydrogens is 280 g/mol. The van der Waals surface area contributed by atoms with E-state index in [0.29, 0.717) is 0 Å². The molecule has 0 aliphatic heterocycles. The van der Waals surface area contributed by atoms with E-state index in [1.165, 1.54) is 12.8 Å². The summed E-state index contributed by atoms with van der Waals surface area (Å²) in [5, 5.41) is 3.48. The topological polar surface area (TPSA) is 56.5 Å². The minimum atomic E-state index is -2.02. The van der Waals surface area contributed by atoms with Crippen molar-refractivity contribution in [2.24, 2.45) is 5.73 Å². The maximum Gasteiger partial charge on any atom is 0.339 e. The molecule has 0 heterocycles. The standard InChI is InChI=1S/C16H38N2O2Si/c1-4-7-13-19-21(15-6-3,20-14-8-5-2)16-12-18-11-9-10-17/h18H,4-17H2,1-3H3. The van der Waals surface area contributed by atoms with Crippen molar-refractivity contribution in [3.05, 3.63) is 0 Å². The Morgan fingerprint density at radius 2 is 1.43 bits per heavy atom. The maximum atomic E-state index is 6.32. The van der Waals surface area contributed by atoms with Gasteiger partial charge >= 0.3 is 8.56 Å². The van der Waals surface area contributed by atoms with Gasteiger partial charge in [-0.2, -0.15) is 0 Å². The largest absolute Gasteiger partial charge is 0.394 e. The minimum absolute atomic E-state index is 0.754. The van der Waals surface area contributed by atoms with Gasteiger partial charge in [0.1, 0.15) is 0 Å². The molecule has 5 heteroatoms. The number of unbranched alkanes of at least 4 members (excludes halogenated alkanes) is 2. The van der Waals surface area contributed by atoms with Crippen LogP contribution in [0.4, 0.5) is 0 Å². The molecule has 4 nitrogen and oxygen atoms in total. The van der Waals surface area contributed by atoms with Crippen LogP contribution in [0.2, 0.25) is 12.1 Å². The SMILES string of the molecule is CCCCO[Si](CCC)(CCNCCCN)OCCCC. The zero-order valence-electron chi connectivity index (χ0n) is 14.6. The fourth-order valence-corrected chi connectivity index (χ4v) is 5.54. The molecule has 0 bridgehead atoms. The van der Waals surface area contributed by atoms with E-state index in [-0.39, 0.29) is 0 Å². The first-order valence-corrected chi connectivity index (χ1v) is 11.2. The lowest BCUT2D eigenvalue weighted by atomic mass is 10.4. The molecule has 21 heavy (non-hydrogen) atoms.